The van der Waals surface area contributed by atoms with Gasteiger partial charge in [0.2, 0.25) is 0 Å². The van der Waals surface area contributed by atoms with Crippen molar-refractivity contribution in [3.63, 3.8) is 0 Å². The van der Waals surface area contributed by atoms with Crippen molar-refractivity contribution in [3.05, 3.63) is 228 Å². The molecule has 2 aromatic heterocycles. The van der Waals surface area contributed by atoms with Gasteiger partial charge in [0.05, 0.1) is 51.1 Å². The number of hydrogen-bond acceptors (Lipinski definition) is 5. The van der Waals surface area contributed by atoms with E-state index < -0.39 is 23.5 Å². The van der Waals surface area contributed by atoms with Crippen LogP contribution in [0.2, 0.25) is 0 Å². The van der Waals surface area contributed by atoms with Crippen molar-refractivity contribution in [3.8, 4) is 96.5 Å². The van der Waals surface area contributed by atoms with Gasteiger partial charge in [-0.15, -0.1) is 0 Å². The molecule has 11 aromatic rings. The van der Waals surface area contributed by atoms with Gasteiger partial charge in [-0.2, -0.15) is 36.9 Å². The van der Waals surface area contributed by atoms with Crippen molar-refractivity contribution in [2.75, 3.05) is 0 Å². The van der Waals surface area contributed by atoms with E-state index in [1.165, 1.54) is 0 Å². The van der Waals surface area contributed by atoms with E-state index in [9.17, 15) is 36.9 Å². The molecule has 0 amide bonds. The molecule has 0 radical (unpaired) electrons. The van der Waals surface area contributed by atoms with Crippen LogP contribution in [0.4, 0.5) is 26.3 Å². The van der Waals surface area contributed by atoms with Crippen LogP contribution in [0.5, 0.6) is 0 Å². The molecule has 0 bridgehead atoms. The Kier molecular flexibility index (Phi) is 11.9. The molecule has 0 atom stereocenters. The lowest BCUT2D eigenvalue weighted by Crippen LogP contribution is -2.05. The number of hydrogen-bond donors (Lipinski definition) is 0. The first-order valence-electron chi connectivity index (χ1n) is 23.7. The number of aromatic nitrogens is 4. The second-order valence-electron chi connectivity index (χ2n) is 18.2. The van der Waals surface area contributed by atoms with E-state index in [1.807, 2.05) is 114 Å². The first-order chi connectivity index (χ1) is 36.1. The lowest BCUT2D eigenvalue weighted by Gasteiger charge is -2.22. The Morgan fingerprint density at radius 3 is 1.16 bits per heavy atom. The molecule has 362 valence electrons. The average molecular weight is 993 g/mol. The van der Waals surface area contributed by atoms with E-state index in [1.54, 1.807) is 74.5 Å². The zero-order valence-electron chi connectivity index (χ0n) is 39.9. The lowest BCUT2D eigenvalue weighted by atomic mass is 9.89. The number of nitrogens with zero attached hydrogens (tertiary/aromatic N) is 6. The number of rotatable bonds is 8. The highest BCUT2D eigenvalue weighted by Crippen LogP contribution is 2.47. The number of halogens is 6. The third-order valence-corrected chi connectivity index (χ3v) is 13.2. The van der Waals surface area contributed by atoms with Gasteiger partial charge in [0, 0.05) is 49.7 Å². The molecule has 0 N–H and O–H groups in total. The Balaban J connectivity index is 1.28. The molecule has 0 saturated carbocycles. The molecule has 0 fully saturated rings. The van der Waals surface area contributed by atoms with Crippen molar-refractivity contribution in [1.29, 1.82) is 10.5 Å². The summed E-state index contributed by atoms with van der Waals surface area (Å²) >= 11 is 0. The number of alkyl halides is 6. The van der Waals surface area contributed by atoms with Crippen molar-refractivity contribution in [2.45, 2.75) is 26.2 Å². The smallest absolute Gasteiger partial charge is 0.308 e. The van der Waals surface area contributed by atoms with Crippen LogP contribution in [0.1, 0.15) is 33.4 Å². The third kappa shape index (κ3) is 9.04. The third-order valence-electron chi connectivity index (χ3n) is 13.2. The van der Waals surface area contributed by atoms with Gasteiger partial charge < -0.3 is 4.57 Å². The zero-order valence-corrected chi connectivity index (χ0v) is 39.9. The molecule has 0 aliphatic carbocycles. The van der Waals surface area contributed by atoms with E-state index in [0.717, 1.165) is 35.4 Å². The molecule has 0 spiro atoms. The van der Waals surface area contributed by atoms with Crippen LogP contribution in [-0.2, 0) is 12.4 Å². The molecule has 2 heterocycles. The predicted molar refractivity (Wildman–Crippen MR) is 281 cm³/mol. The SMILES string of the molecule is Cc1cc(-c2ccc3c(c2)c2cc(-c4cc(C)cc(C(F)(F)F)c4)ccc2n3-c2c(-c3ccccc3C#N)cc(-c3nc(-c4ccccc4)nc(-c4ccccc4)n3)cc2-c2ccccc2C#N)cc(C(F)(F)F)c1. The molecule has 12 heteroatoms. The van der Waals surface area contributed by atoms with Crippen LogP contribution in [0.15, 0.2) is 194 Å². The largest absolute Gasteiger partial charge is 0.416 e. The van der Waals surface area contributed by atoms with Crippen LogP contribution < -0.4 is 0 Å². The topological polar surface area (TPSA) is 91.2 Å². The van der Waals surface area contributed by atoms with Gasteiger partial charge in [0.15, 0.2) is 17.5 Å². The highest BCUT2D eigenvalue weighted by molar-refractivity contribution is 6.13. The summed E-state index contributed by atoms with van der Waals surface area (Å²) in [7, 11) is 0. The Bertz CT molecular complexity index is 3890. The Labute approximate surface area is 426 Å². The maximum atomic E-state index is 14.3. The maximum absolute atomic E-state index is 14.3. The molecule has 9 aromatic carbocycles. The average Bonchev–Trinajstić information content (AvgIpc) is 3.81. The van der Waals surface area contributed by atoms with Crippen LogP contribution >= 0.6 is 0 Å². The monoisotopic (exact) mass is 992 g/mol. The van der Waals surface area contributed by atoms with Crippen LogP contribution in [0.3, 0.4) is 0 Å². The van der Waals surface area contributed by atoms with Gasteiger partial charge in [-0.25, -0.2) is 15.0 Å². The van der Waals surface area contributed by atoms with E-state index >= 15 is 0 Å². The highest BCUT2D eigenvalue weighted by atomic mass is 19.4. The van der Waals surface area contributed by atoms with Crippen LogP contribution in [0, 0.1) is 36.5 Å². The van der Waals surface area contributed by atoms with Gasteiger partial charge in [-0.1, -0.05) is 121 Å². The fraction of sp³-hybridized carbons (Fsp3) is 0.0635. The molecule has 0 saturated heterocycles. The number of nitriles is 2. The lowest BCUT2D eigenvalue weighted by molar-refractivity contribution is -0.138. The minimum Gasteiger partial charge on any atom is -0.308 e. The van der Waals surface area contributed by atoms with Crippen LogP contribution in [0.25, 0.3) is 106 Å². The Hall–Kier alpha value is -9.65. The molecule has 0 unspecified atom stereocenters. The Morgan fingerprint density at radius 2 is 0.760 bits per heavy atom. The van der Waals surface area contributed by atoms with Gasteiger partial charge >= 0.3 is 12.4 Å². The second-order valence-corrected chi connectivity index (χ2v) is 18.2. The van der Waals surface area contributed by atoms with Crippen molar-refractivity contribution in [2.24, 2.45) is 0 Å². The van der Waals surface area contributed by atoms with E-state index in [2.05, 4.69) is 12.1 Å². The van der Waals surface area contributed by atoms with Gasteiger partial charge in [0.25, 0.3) is 0 Å². The fourth-order valence-electron chi connectivity index (χ4n) is 9.83. The molecular weight excluding hydrogens is 955 g/mol. The summed E-state index contributed by atoms with van der Waals surface area (Å²) in [5.41, 5.74) is 7.17. The molecule has 0 aliphatic heterocycles. The van der Waals surface area contributed by atoms with E-state index in [4.69, 9.17) is 15.0 Å². The van der Waals surface area contributed by atoms with E-state index in [0.29, 0.717) is 117 Å². The summed E-state index contributed by atoms with van der Waals surface area (Å²) < 4.78 is 87.9. The van der Waals surface area contributed by atoms with Crippen LogP contribution in [-0.4, -0.2) is 19.5 Å². The Morgan fingerprint density at radius 1 is 0.373 bits per heavy atom. The summed E-state index contributed by atoms with van der Waals surface area (Å²) in [6, 6.07) is 60.2. The summed E-state index contributed by atoms with van der Waals surface area (Å²) in [5.74, 6) is 1.11. The molecule has 0 aliphatic rings. The summed E-state index contributed by atoms with van der Waals surface area (Å²) in [5, 5.41) is 22.8. The van der Waals surface area contributed by atoms with Crippen molar-refractivity contribution >= 4 is 21.8 Å². The minimum atomic E-state index is -4.62. The number of benzene rings is 9. The molecule has 11 rings (SSSR count). The summed E-state index contributed by atoms with van der Waals surface area (Å²) in [6.07, 6.45) is -9.24. The molecule has 75 heavy (non-hydrogen) atoms. The summed E-state index contributed by atoms with van der Waals surface area (Å²) in [4.78, 5) is 15.1. The minimum absolute atomic E-state index is 0.296. The molecular formula is C63H38F6N6. The van der Waals surface area contributed by atoms with Crippen molar-refractivity contribution in [1.82, 2.24) is 19.5 Å². The maximum Gasteiger partial charge on any atom is 0.416 e. The van der Waals surface area contributed by atoms with Gasteiger partial charge in [-0.3, -0.25) is 0 Å². The van der Waals surface area contributed by atoms with Gasteiger partial charge in [0.1, 0.15) is 0 Å². The van der Waals surface area contributed by atoms with Gasteiger partial charge in [-0.05, 0) is 120 Å². The first-order valence-corrected chi connectivity index (χ1v) is 23.7. The normalized spacial score (nSPS) is 11.7. The quantitative estimate of drug-likeness (QED) is 0.141. The first kappa shape index (κ1) is 47.7. The zero-order chi connectivity index (χ0) is 52.2. The fourth-order valence-corrected chi connectivity index (χ4v) is 9.83. The summed E-state index contributed by atoms with van der Waals surface area (Å²) in [6.45, 7) is 3.19. The highest BCUT2D eigenvalue weighted by Gasteiger charge is 2.33. The predicted octanol–water partition coefficient (Wildman–Crippen LogP) is 17.0. The molecule has 6 nitrogen and oxygen atoms in total. The van der Waals surface area contributed by atoms with Crippen molar-refractivity contribution < 1.29 is 26.3 Å². The number of fused-ring (bicyclic) bond motifs is 3. The second kappa shape index (κ2) is 18.8. The standard InChI is InChI=1S/C63H38F6N6/c1-37-25-45(29-48(27-37)62(64,65)66)41-21-23-56-52(31-41)53-32-42(46-26-38(2)28-49(30-46)63(67,68)69)22-24-57(53)75(56)58-54(50-19-11-9-17-43(50)35-70)33-47(34-55(58)51-20-12-10-18-44(51)36-71)61-73-59(39-13-5-3-6-14-39)72-60(74-61)40-15-7-4-8-16-40/h3-34H,1-2H3. The number of aryl methyl sites for hydroxylation is 2. The van der Waals surface area contributed by atoms with E-state index in [-0.39, 0.29) is 0 Å².